The average Bonchev–Trinajstić information content (AvgIpc) is 3.21. The van der Waals surface area contributed by atoms with E-state index in [9.17, 15) is 9.59 Å². The Morgan fingerprint density at radius 2 is 2.07 bits per heavy atom. The molecule has 0 bridgehead atoms. The van der Waals surface area contributed by atoms with Crippen molar-refractivity contribution in [2.24, 2.45) is 7.05 Å². The molecule has 27 heavy (non-hydrogen) atoms. The van der Waals surface area contributed by atoms with Gasteiger partial charge in [0.15, 0.2) is 5.69 Å². The normalized spacial score (nSPS) is 10.6. The molecule has 0 spiro atoms. The van der Waals surface area contributed by atoms with Gasteiger partial charge in [0, 0.05) is 18.1 Å². The summed E-state index contributed by atoms with van der Waals surface area (Å²) in [6.07, 6.45) is 1.50. The van der Waals surface area contributed by atoms with Crippen LogP contribution < -0.4 is 5.32 Å². The first kappa shape index (κ1) is 18.6. The van der Waals surface area contributed by atoms with Crippen LogP contribution in [-0.4, -0.2) is 43.0 Å². The van der Waals surface area contributed by atoms with Gasteiger partial charge in [-0.1, -0.05) is 23.7 Å². The number of anilines is 1. The SMILES string of the molecule is CCOC(=O)c1cc(C(=O)Nc2ncn(Cc3cccc(Cl)c3)n2)nn1C. The fraction of sp³-hybridized carbons (Fsp3) is 0.235. The van der Waals surface area contributed by atoms with Crippen molar-refractivity contribution in [3.63, 3.8) is 0 Å². The highest BCUT2D eigenvalue weighted by Gasteiger charge is 2.19. The molecule has 0 saturated carbocycles. The molecular formula is C17H17ClN6O3. The second-order valence-electron chi connectivity index (χ2n) is 5.61. The third-order valence-corrected chi connectivity index (χ3v) is 3.83. The Balaban J connectivity index is 1.67. The summed E-state index contributed by atoms with van der Waals surface area (Å²) < 4.78 is 7.78. The summed E-state index contributed by atoms with van der Waals surface area (Å²) in [6.45, 7) is 2.40. The quantitative estimate of drug-likeness (QED) is 0.649. The molecule has 0 aliphatic heterocycles. The number of hydrogen-bond donors (Lipinski definition) is 1. The topological polar surface area (TPSA) is 104 Å². The minimum atomic E-state index is -0.546. The first-order valence-corrected chi connectivity index (χ1v) is 8.50. The maximum atomic E-state index is 12.3. The molecule has 0 radical (unpaired) electrons. The maximum Gasteiger partial charge on any atom is 0.356 e. The number of rotatable bonds is 6. The summed E-state index contributed by atoms with van der Waals surface area (Å²) in [5.41, 5.74) is 1.20. The molecule has 1 N–H and O–H groups in total. The lowest BCUT2D eigenvalue weighted by Crippen LogP contribution is -2.14. The van der Waals surface area contributed by atoms with E-state index in [0.29, 0.717) is 11.6 Å². The van der Waals surface area contributed by atoms with Gasteiger partial charge in [0.2, 0.25) is 5.95 Å². The number of ether oxygens (including phenoxy) is 1. The van der Waals surface area contributed by atoms with Gasteiger partial charge in [-0.25, -0.2) is 14.5 Å². The molecule has 140 valence electrons. The van der Waals surface area contributed by atoms with Gasteiger partial charge in [0.25, 0.3) is 5.91 Å². The minimum absolute atomic E-state index is 0.0618. The van der Waals surface area contributed by atoms with Crippen molar-refractivity contribution >= 4 is 29.4 Å². The summed E-state index contributed by atoms with van der Waals surface area (Å²) in [5.74, 6) is -0.942. The van der Waals surface area contributed by atoms with Gasteiger partial charge >= 0.3 is 5.97 Å². The number of aryl methyl sites for hydroxylation is 1. The van der Waals surface area contributed by atoms with Crippen LogP contribution in [0.2, 0.25) is 5.02 Å². The highest BCUT2D eigenvalue weighted by atomic mass is 35.5. The molecule has 9 nitrogen and oxygen atoms in total. The number of carbonyl (C=O) groups excluding carboxylic acids is 2. The van der Waals surface area contributed by atoms with Crippen molar-refractivity contribution in [1.82, 2.24) is 24.5 Å². The van der Waals surface area contributed by atoms with Crippen molar-refractivity contribution in [3.8, 4) is 0 Å². The lowest BCUT2D eigenvalue weighted by Gasteiger charge is -2.01. The molecule has 0 aliphatic carbocycles. The van der Waals surface area contributed by atoms with Gasteiger partial charge in [0.05, 0.1) is 13.2 Å². The number of benzene rings is 1. The fourth-order valence-electron chi connectivity index (χ4n) is 2.39. The largest absolute Gasteiger partial charge is 0.461 e. The average molecular weight is 389 g/mol. The second-order valence-corrected chi connectivity index (χ2v) is 6.05. The number of amides is 1. The predicted molar refractivity (Wildman–Crippen MR) is 97.7 cm³/mol. The Hall–Kier alpha value is -3.20. The molecule has 1 aromatic carbocycles. The number of esters is 1. The van der Waals surface area contributed by atoms with E-state index in [1.165, 1.54) is 17.1 Å². The molecule has 3 rings (SSSR count). The van der Waals surface area contributed by atoms with E-state index < -0.39 is 11.9 Å². The van der Waals surface area contributed by atoms with E-state index in [0.717, 1.165) is 5.56 Å². The third-order valence-electron chi connectivity index (χ3n) is 3.59. The van der Waals surface area contributed by atoms with E-state index in [-0.39, 0.29) is 23.9 Å². The van der Waals surface area contributed by atoms with Crippen LogP contribution in [0.25, 0.3) is 0 Å². The van der Waals surface area contributed by atoms with Crippen molar-refractivity contribution in [2.45, 2.75) is 13.5 Å². The van der Waals surface area contributed by atoms with Gasteiger partial charge in [-0.3, -0.25) is 14.8 Å². The Morgan fingerprint density at radius 3 is 2.81 bits per heavy atom. The molecule has 0 fully saturated rings. The van der Waals surface area contributed by atoms with Gasteiger partial charge < -0.3 is 4.74 Å². The number of carbonyl (C=O) groups is 2. The van der Waals surface area contributed by atoms with Crippen LogP contribution in [0.5, 0.6) is 0 Å². The Labute approximate surface area is 159 Å². The Morgan fingerprint density at radius 1 is 1.26 bits per heavy atom. The van der Waals surface area contributed by atoms with Crippen LogP contribution in [0.15, 0.2) is 36.7 Å². The summed E-state index contributed by atoms with van der Waals surface area (Å²) >= 11 is 5.97. The molecule has 3 aromatic rings. The van der Waals surface area contributed by atoms with E-state index in [4.69, 9.17) is 16.3 Å². The summed E-state index contributed by atoms with van der Waals surface area (Å²) in [5, 5.41) is 11.4. The zero-order valence-corrected chi connectivity index (χ0v) is 15.5. The molecule has 0 unspecified atom stereocenters. The lowest BCUT2D eigenvalue weighted by atomic mass is 10.2. The second kappa shape index (κ2) is 8.00. The highest BCUT2D eigenvalue weighted by molar-refractivity contribution is 6.30. The van der Waals surface area contributed by atoms with E-state index in [1.807, 2.05) is 18.2 Å². The number of halogens is 1. The molecule has 1 amide bonds. The lowest BCUT2D eigenvalue weighted by molar-refractivity contribution is 0.0513. The molecule has 0 atom stereocenters. The minimum Gasteiger partial charge on any atom is -0.461 e. The van der Waals surface area contributed by atoms with E-state index >= 15 is 0 Å². The Kier molecular flexibility index (Phi) is 5.51. The number of hydrogen-bond acceptors (Lipinski definition) is 6. The van der Waals surface area contributed by atoms with Crippen LogP contribution in [-0.2, 0) is 18.3 Å². The van der Waals surface area contributed by atoms with Crippen LogP contribution in [0.3, 0.4) is 0 Å². The number of nitrogens with one attached hydrogen (secondary N) is 1. The zero-order chi connectivity index (χ0) is 19.4. The van der Waals surface area contributed by atoms with Gasteiger partial charge in [-0.2, -0.15) is 5.10 Å². The first-order chi connectivity index (χ1) is 13.0. The van der Waals surface area contributed by atoms with Crippen molar-refractivity contribution in [3.05, 3.63) is 58.6 Å². The Bertz CT molecular complexity index is 981. The van der Waals surface area contributed by atoms with Crippen LogP contribution in [0.4, 0.5) is 5.95 Å². The van der Waals surface area contributed by atoms with Crippen molar-refractivity contribution in [1.29, 1.82) is 0 Å². The summed E-state index contributed by atoms with van der Waals surface area (Å²) in [4.78, 5) is 28.2. The molecule has 0 aliphatic rings. The van der Waals surface area contributed by atoms with E-state index in [2.05, 4.69) is 20.5 Å². The monoisotopic (exact) mass is 388 g/mol. The van der Waals surface area contributed by atoms with Crippen molar-refractivity contribution < 1.29 is 14.3 Å². The third kappa shape index (κ3) is 4.50. The zero-order valence-electron chi connectivity index (χ0n) is 14.7. The number of nitrogens with zero attached hydrogens (tertiary/aromatic N) is 5. The summed E-state index contributed by atoms with van der Waals surface area (Å²) in [6, 6.07) is 8.73. The predicted octanol–water partition coefficient (Wildman–Crippen LogP) is 2.14. The fourth-order valence-corrected chi connectivity index (χ4v) is 2.60. The van der Waals surface area contributed by atoms with Gasteiger partial charge in [0.1, 0.15) is 12.0 Å². The molecule has 10 heteroatoms. The van der Waals surface area contributed by atoms with Gasteiger partial charge in [-0.05, 0) is 24.6 Å². The van der Waals surface area contributed by atoms with E-state index in [1.54, 1.807) is 24.7 Å². The summed E-state index contributed by atoms with van der Waals surface area (Å²) in [7, 11) is 1.56. The van der Waals surface area contributed by atoms with Crippen LogP contribution in [0.1, 0.15) is 33.5 Å². The van der Waals surface area contributed by atoms with Crippen LogP contribution in [0, 0.1) is 0 Å². The molecular weight excluding hydrogens is 372 g/mol. The number of aromatic nitrogens is 5. The standard InChI is InChI=1S/C17H17ClN6O3/c1-3-27-16(26)14-8-13(21-23(14)2)15(25)20-17-19-10-24(22-17)9-11-5-4-6-12(18)7-11/h4-8,10H,3,9H2,1-2H3,(H,20,22,25). The van der Waals surface area contributed by atoms with Crippen molar-refractivity contribution in [2.75, 3.05) is 11.9 Å². The highest BCUT2D eigenvalue weighted by Crippen LogP contribution is 2.12. The van der Waals surface area contributed by atoms with Gasteiger partial charge in [-0.15, -0.1) is 5.10 Å². The first-order valence-electron chi connectivity index (χ1n) is 8.12. The molecule has 2 aromatic heterocycles. The van der Waals surface area contributed by atoms with Crippen LogP contribution >= 0.6 is 11.6 Å². The molecule has 0 saturated heterocycles. The maximum absolute atomic E-state index is 12.3. The molecule has 2 heterocycles. The smallest absolute Gasteiger partial charge is 0.356 e.